The van der Waals surface area contributed by atoms with Gasteiger partial charge >= 0.3 is 0 Å². The smallest absolute Gasteiger partial charge is 0.107 e. The Balaban J connectivity index is 1.75. The number of benzene rings is 1. The Labute approximate surface area is 143 Å². The van der Waals surface area contributed by atoms with Crippen LogP contribution in [0, 0.1) is 19.8 Å². The monoisotopic (exact) mass is 334 g/mol. The Hall–Kier alpha value is -1.42. The molecule has 1 fully saturated rings. The molecule has 0 atom stereocenters. The number of alkyl halides is 2. The van der Waals surface area contributed by atoms with Gasteiger partial charge in [0.1, 0.15) is 13.3 Å². The SMILES string of the molecule is Cc1cc(C)c2c(ccn2C)c1CC1CCN(C(CF)CF)CC1. The van der Waals surface area contributed by atoms with Crippen LogP contribution in [0.5, 0.6) is 0 Å². The predicted molar refractivity (Wildman–Crippen MR) is 96.1 cm³/mol. The summed E-state index contributed by atoms with van der Waals surface area (Å²) in [7, 11) is 2.10. The van der Waals surface area contributed by atoms with Crippen molar-refractivity contribution in [3.63, 3.8) is 0 Å². The van der Waals surface area contributed by atoms with Crippen LogP contribution in [0.4, 0.5) is 8.78 Å². The van der Waals surface area contributed by atoms with Gasteiger partial charge in [0, 0.05) is 18.6 Å². The van der Waals surface area contributed by atoms with Gasteiger partial charge in [0.25, 0.3) is 0 Å². The van der Waals surface area contributed by atoms with Crippen molar-refractivity contribution >= 4 is 10.9 Å². The number of hydrogen-bond donors (Lipinski definition) is 0. The summed E-state index contributed by atoms with van der Waals surface area (Å²) in [4.78, 5) is 1.98. The molecule has 1 aromatic carbocycles. The van der Waals surface area contributed by atoms with Gasteiger partial charge in [-0.2, -0.15) is 0 Å². The van der Waals surface area contributed by atoms with Gasteiger partial charge in [-0.25, -0.2) is 8.78 Å². The van der Waals surface area contributed by atoms with E-state index < -0.39 is 19.4 Å². The lowest BCUT2D eigenvalue weighted by atomic mass is 9.86. The van der Waals surface area contributed by atoms with Crippen LogP contribution < -0.4 is 0 Å². The fourth-order valence-corrected chi connectivity index (χ4v) is 4.27. The highest BCUT2D eigenvalue weighted by molar-refractivity contribution is 5.87. The Morgan fingerprint density at radius 3 is 2.42 bits per heavy atom. The molecule has 0 N–H and O–H groups in total. The maximum absolute atomic E-state index is 12.9. The fraction of sp³-hybridized carbons (Fsp3) is 0.600. The summed E-state index contributed by atoms with van der Waals surface area (Å²) in [6.45, 7) is 4.83. The minimum atomic E-state index is -0.580. The van der Waals surface area contributed by atoms with Crippen molar-refractivity contribution in [1.82, 2.24) is 9.47 Å². The van der Waals surface area contributed by atoms with Crippen molar-refractivity contribution in [2.24, 2.45) is 13.0 Å². The number of halogens is 2. The molecule has 2 nitrogen and oxygen atoms in total. The third-order valence-electron chi connectivity index (χ3n) is 5.69. The van der Waals surface area contributed by atoms with E-state index >= 15 is 0 Å². The zero-order valence-electron chi connectivity index (χ0n) is 15.0. The van der Waals surface area contributed by atoms with Crippen LogP contribution in [0.3, 0.4) is 0 Å². The van der Waals surface area contributed by atoms with Crippen LogP contribution in [-0.4, -0.2) is 41.9 Å². The predicted octanol–water partition coefficient (Wildman–Crippen LogP) is 4.36. The van der Waals surface area contributed by atoms with E-state index in [1.165, 1.54) is 27.6 Å². The van der Waals surface area contributed by atoms with Crippen molar-refractivity contribution in [3.05, 3.63) is 35.0 Å². The number of likely N-dealkylation sites (tertiary alicyclic amines) is 1. The van der Waals surface area contributed by atoms with E-state index in [0.29, 0.717) is 5.92 Å². The van der Waals surface area contributed by atoms with Gasteiger partial charge in [0.05, 0.1) is 11.6 Å². The van der Waals surface area contributed by atoms with Gasteiger partial charge in [-0.3, -0.25) is 4.90 Å². The van der Waals surface area contributed by atoms with Gasteiger partial charge in [-0.1, -0.05) is 6.07 Å². The van der Waals surface area contributed by atoms with Crippen molar-refractivity contribution in [2.45, 2.75) is 39.2 Å². The average molecular weight is 334 g/mol. The maximum Gasteiger partial charge on any atom is 0.107 e. The molecule has 1 saturated heterocycles. The zero-order chi connectivity index (χ0) is 17.3. The number of rotatable bonds is 5. The van der Waals surface area contributed by atoms with Crippen molar-refractivity contribution < 1.29 is 8.78 Å². The summed E-state index contributed by atoms with van der Waals surface area (Å²) < 4.78 is 27.9. The second-order valence-electron chi connectivity index (χ2n) is 7.32. The number of aromatic nitrogens is 1. The lowest BCUT2D eigenvalue weighted by Crippen LogP contribution is -2.44. The number of aryl methyl sites for hydroxylation is 3. The normalized spacial score (nSPS) is 17.2. The molecule has 0 saturated carbocycles. The van der Waals surface area contributed by atoms with Gasteiger partial charge in [0.15, 0.2) is 0 Å². The average Bonchev–Trinajstić information content (AvgIpc) is 2.96. The minimum absolute atomic E-state index is 0.534. The molecule has 2 heterocycles. The largest absolute Gasteiger partial charge is 0.350 e. The summed E-state index contributed by atoms with van der Waals surface area (Å²) in [5, 5.41) is 1.36. The highest BCUT2D eigenvalue weighted by atomic mass is 19.1. The van der Waals surface area contributed by atoms with E-state index in [4.69, 9.17) is 0 Å². The van der Waals surface area contributed by atoms with Crippen molar-refractivity contribution in [2.75, 3.05) is 26.4 Å². The van der Waals surface area contributed by atoms with Crippen LogP contribution in [-0.2, 0) is 13.5 Å². The zero-order valence-corrected chi connectivity index (χ0v) is 15.0. The molecule has 1 aliphatic heterocycles. The Morgan fingerprint density at radius 1 is 1.12 bits per heavy atom. The first-order valence-corrected chi connectivity index (χ1v) is 8.95. The second-order valence-corrected chi connectivity index (χ2v) is 7.32. The van der Waals surface area contributed by atoms with Gasteiger partial charge in [0.2, 0.25) is 0 Å². The Morgan fingerprint density at radius 2 is 1.79 bits per heavy atom. The van der Waals surface area contributed by atoms with E-state index in [1.54, 1.807) is 0 Å². The van der Waals surface area contributed by atoms with Crippen LogP contribution in [0.2, 0.25) is 0 Å². The third kappa shape index (κ3) is 3.21. The van der Waals surface area contributed by atoms with Crippen LogP contribution in [0.1, 0.15) is 29.5 Å². The van der Waals surface area contributed by atoms with Crippen molar-refractivity contribution in [3.8, 4) is 0 Å². The van der Waals surface area contributed by atoms with Gasteiger partial charge < -0.3 is 4.57 Å². The van der Waals surface area contributed by atoms with Crippen LogP contribution in [0.25, 0.3) is 10.9 Å². The summed E-state index contributed by atoms with van der Waals surface area (Å²) in [6, 6.07) is 3.98. The van der Waals surface area contributed by atoms with E-state index in [1.807, 2.05) is 4.90 Å². The number of fused-ring (bicyclic) bond motifs is 1. The molecule has 1 aromatic heterocycles. The van der Waals surface area contributed by atoms with E-state index in [0.717, 1.165) is 32.4 Å². The lowest BCUT2D eigenvalue weighted by molar-refractivity contribution is 0.0960. The van der Waals surface area contributed by atoms with E-state index in [-0.39, 0.29) is 0 Å². The summed E-state index contributed by atoms with van der Waals surface area (Å²) in [6.07, 6.45) is 5.25. The van der Waals surface area contributed by atoms with Crippen LogP contribution >= 0.6 is 0 Å². The molecule has 24 heavy (non-hydrogen) atoms. The standard InChI is InChI=1S/C20H28F2N2/c1-14-10-15(2)20-18(6-7-23(20)3)19(14)11-16-4-8-24(9-5-16)17(12-21)13-22/h6-7,10,16-17H,4-5,8-9,11-13H2,1-3H3. The van der Waals surface area contributed by atoms with E-state index in [9.17, 15) is 8.78 Å². The quantitative estimate of drug-likeness (QED) is 0.789. The van der Waals surface area contributed by atoms with Crippen molar-refractivity contribution in [1.29, 1.82) is 0 Å². The third-order valence-corrected chi connectivity index (χ3v) is 5.69. The molecular weight excluding hydrogens is 306 g/mol. The molecule has 0 bridgehead atoms. The fourth-order valence-electron chi connectivity index (χ4n) is 4.27. The maximum atomic E-state index is 12.9. The first-order chi connectivity index (χ1) is 11.5. The topological polar surface area (TPSA) is 8.17 Å². The van der Waals surface area contributed by atoms with Gasteiger partial charge in [-0.05, 0) is 74.9 Å². The molecular formula is C20H28F2N2. The molecule has 0 amide bonds. The molecule has 4 heteroatoms. The molecule has 2 aromatic rings. The van der Waals surface area contributed by atoms with E-state index in [2.05, 4.69) is 43.8 Å². The summed E-state index contributed by atoms with van der Waals surface area (Å²) in [5.41, 5.74) is 5.45. The highest BCUT2D eigenvalue weighted by Gasteiger charge is 2.26. The lowest BCUT2D eigenvalue weighted by Gasteiger charge is -2.35. The van der Waals surface area contributed by atoms with Crippen LogP contribution in [0.15, 0.2) is 18.3 Å². The first-order valence-electron chi connectivity index (χ1n) is 8.95. The number of nitrogens with zero attached hydrogens (tertiary/aromatic N) is 2. The van der Waals surface area contributed by atoms with Gasteiger partial charge in [-0.15, -0.1) is 0 Å². The molecule has 0 unspecified atom stereocenters. The Kier molecular flexibility index (Phi) is 5.24. The number of hydrogen-bond acceptors (Lipinski definition) is 1. The molecule has 3 rings (SSSR count). The Bertz CT molecular complexity index is 695. The molecule has 132 valence electrons. The highest BCUT2D eigenvalue weighted by Crippen LogP contribution is 2.31. The molecule has 0 aliphatic carbocycles. The number of piperidine rings is 1. The molecule has 0 radical (unpaired) electrons. The summed E-state index contributed by atoms with van der Waals surface area (Å²) >= 11 is 0. The summed E-state index contributed by atoms with van der Waals surface area (Å²) in [5.74, 6) is 0.603. The second kappa shape index (κ2) is 7.22. The minimum Gasteiger partial charge on any atom is -0.350 e. The molecule has 1 aliphatic rings. The first kappa shape index (κ1) is 17.4. The molecule has 0 spiro atoms.